The number of aromatic nitrogens is 1. The van der Waals surface area contributed by atoms with E-state index in [0.717, 1.165) is 32.7 Å². The molecule has 1 aliphatic heterocycles. The summed E-state index contributed by atoms with van der Waals surface area (Å²) in [7, 11) is 0. The molecule has 126 valence electrons. The molecule has 2 heterocycles. The predicted molar refractivity (Wildman–Crippen MR) is 98.7 cm³/mol. The monoisotopic (exact) mass is 364 g/mol. The van der Waals surface area contributed by atoms with Crippen molar-refractivity contribution in [2.24, 2.45) is 0 Å². The van der Waals surface area contributed by atoms with Crippen LogP contribution in [0, 0.1) is 5.82 Å². The average Bonchev–Trinajstić information content (AvgIpc) is 2.60. The van der Waals surface area contributed by atoms with Gasteiger partial charge in [-0.1, -0.05) is 17.7 Å². The van der Waals surface area contributed by atoms with Gasteiger partial charge in [0.05, 0.1) is 5.02 Å². The minimum atomic E-state index is -0.433. The third-order valence-electron chi connectivity index (χ3n) is 3.96. The molecular formula is C17H18ClFN4S. The fourth-order valence-corrected chi connectivity index (χ4v) is 3.12. The standard InChI is InChI=1S/C17H18ClFN4S/c18-15-10-14(3-4-16(15)19)21-17(24)23-8-6-22(7-9-23)12-13-2-1-5-20-11-13/h1-5,10-11H,6-9,12H2,(H,21,24). The molecule has 1 saturated heterocycles. The van der Waals surface area contributed by atoms with E-state index >= 15 is 0 Å². The van der Waals surface area contributed by atoms with Crippen molar-refractivity contribution >= 4 is 34.6 Å². The van der Waals surface area contributed by atoms with Crippen molar-refractivity contribution in [3.8, 4) is 0 Å². The largest absolute Gasteiger partial charge is 0.346 e. The first-order valence-corrected chi connectivity index (χ1v) is 8.53. The van der Waals surface area contributed by atoms with E-state index in [1.54, 1.807) is 18.3 Å². The number of nitrogens with zero attached hydrogens (tertiary/aromatic N) is 3. The van der Waals surface area contributed by atoms with Gasteiger partial charge >= 0.3 is 0 Å². The average molecular weight is 365 g/mol. The summed E-state index contributed by atoms with van der Waals surface area (Å²) in [6.45, 7) is 4.46. The fourth-order valence-electron chi connectivity index (χ4n) is 2.64. The van der Waals surface area contributed by atoms with Gasteiger partial charge in [-0.15, -0.1) is 0 Å². The van der Waals surface area contributed by atoms with Gasteiger partial charge in [-0.25, -0.2) is 4.39 Å². The van der Waals surface area contributed by atoms with E-state index in [4.69, 9.17) is 23.8 Å². The number of hydrogen-bond acceptors (Lipinski definition) is 3. The molecule has 0 atom stereocenters. The van der Waals surface area contributed by atoms with E-state index < -0.39 is 5.82 Å². The zero-order valence-electron chi connectivity index (χ0n) is 13.1. The van der Waals surface area contributed by atoms with Crippen molar-refractivity contribution < 1.29 is 4.39 Å². The molecule has 0 amide bonds. The maximum Gasteiger partial charge on any atom is 0.173 e. The van der Waals surface area contributed by atoms with Crippen LogP contribution in [0.25, 0.3) is 0 Å². The second-order valence-corrected chi connectivity index (χ2v) is 6.48. The van der Waals surface area contributed by atoms with E-state index in [-0.39, 0.29) is 5.02 Å². The number of thiocarbonyl (C=S) groups is 1. The highest BCUT2D eigenvalue weighted by molar-refractivity contribution is 7.80. The summed E-state index contributed by atoms with van der Waals surface area (Å²) in [4.78, 5) is 8.65. The molecule has 1 N–H and O–H groups in total. The molecule has 3 rings (SSSR count). The number of piperazine rings is 1. The first-order chi connectivity index (χ1) is 11.6. The Kier molecular flexibility index (Phi) is 5.60. The van der Waals surface area contributed by atoms with Crippen LogP contribution < -0.4 is 5.32 Å². The van der Waals surface area contributed by atoms with Crippen LogP contribution >= 0.6 is 23.8 Å². The summed E-state index contributed by atoms with van der Waals surface area (Å²) >= 11 is 11.2. The van der Waals surface area contributed by atoms with Crippen LogP contribution in [0.1, 0.15) is 5.56 Å². The van der Waals surface area contributed by atoms with Crippen LogP contribution in [0.5, 0.6) is 0 Å². The molecule has 0 spiro atoms. The highest BCUT2D eigenvalue weighted by atomic mass is 35.5. The molecule has 0 bridgehead atoms. The van der Waals surface area contributed by atoms with Gasteiger partial charge in [0, 0.05) is 50.8 Å². The van der Waals surface area contributed by atoms with Gasteiger partial charge < -0.3 is 10.2 Å². The van der Waals surface area contributed by atoms with Gasteiger partial charge in [0.1, 0.15) is 5.82 Å². The van der Waals surface area contributed by atoms with Gasteiger partial charge in [-0.2, -0.15) is 0 Å². The third kappa shape index (κ3) is 4.41. The summed E-state index contributed by atoms with van der Waals surface area (Å²) in [6.07, 6.45) is 3.68. The second kappa shape index (κ2) is 7.88. The topological polar surface area (TPSA) is 31.4 Å². The van der Waals surface area contributed by atoms with Gasteiger partial charge in [-0.05, 0) is 42.0 Å². The molecule has 1 aromatic carbocycles. The lowest BCUT2D eigenvalue weighted by atomic mass is 10.2. The van der Waals surface area contributed by atoms with E-state index in [1.807, 2.05) is 12.3 Å². The van der Waals surface area contributed by atoms with Crippen molar-refractivity contribution in [1.82, 2.24) is 14.8 Å². The highest BCUT2D eigenvalue weighted by Gasteiger charge is 2.19. The number of nitrogens with one attached hydrogen (secondary N) is 1. The maximum absolute atomic E-state index is 13.2. The number of anilines is 1. The number of pyridine rings is 1. The quantitative estimate of drug-likeness (QED) is 0.844. The van der Waals surface area contributed by atoms with Crippen LogP contribution in [-0.4, -0.2) is 46.1 Å². The van der Waals surface area contributed by atoms with Crippen LogP contribution in [0.2, 0.25) is 5.02 Å². The summed E-state index contributed by atoms with van der Waals surface area (Å²) in [6, 6.07) is 8.55. The molecule has 0 radical (unpaired) electrons. The van der Waals surface area contributed by atoms with E-state index in [2.05, 4.69) is 26.2 Å². The Morgan fingerprint density at radius 1 is 1.25 bits per heavy atom. The smallest absolute Gasteiger partial charge is 0.173 e. The fraction of sp³-hybridized carbons (Fsp3) is 0.294. The number of halogens is 2. The van der Waals surface area contributed by atoms with Gasteiger partial charge in [0.2, 0.25) is 0 Å². The number of rotatable bonds is 3. The molecule has 1 fully saturated rings. The Morgan fingerprint density at radius 2 is 2.04 bits per heavy atom. The lowest BCUT2D eigenvalue weighted by molar-refractivity contribution is 0.177. The molecule has 7 heteroatoms. The number of hydrogen-bond donors (Lipinski definition) is 1. The van der Waals surface area contributed by atoms with Crippen LogP contribution in [0.4, 0.5) is 10.1 Å². The van der Waals surface area contributed by atoms with Gasteiger partial charge in [0.25, 0.3) is 0 Å². The number of benzene rings is 1. The highest BCUT2D eigenvalue weighted by Crippen LogP contribution is 2.20. The molecular weight excluding hydrogens is 347 g/mol. The summed E-state index contributed by atoms with van der Waals surface area (Å²) in [5.41, 5.74) is 1.91. The Balaban J connectivity index is 1.50. The minimum absolute atomic E-state index is 0.0871. The van der Waals surface area contributed by atoms with Crippen molar-refractivity contribution in [3.63, 3.8) is 0 Å². The van der Waals surface area contributed by atoms with Crippen molar-refractivity contribution in [2.75, 3.05) is 31.5 Å². The van der Waals surface area contributed by atoms with Crippen molar-refractivity contribution in [2.45, 2.75) is 6.54 Å². The Hall–Kier alpha value is -1.76. The maximum atomic E-state index is 13.2. The Labute approximate surface area is 151 Å². The summed E-state index contributed by atoms with van der Waals surface area (Å²) in [5.74, 6) is -0.433. The van der Waals surface area contributed by atoms with Crippen LogP contribution in [0.3, 0.4) is 0 Å². The van der Waals surface area contributed by atoms with Crippen molar-refractivity contribution in [1.29, 1.82) is 0 Å². The molecule has 1 aliphatic rings. The SMILES string of the molecule is Fc1ccc(NC(=S)N2CCN(Cc3cccnc3)CC2)cc1Cl. The Morgan fingerprint density at radius 3 is 2.71 bits per heavy atom. The first kappa shape index (κ1) is 17.1. The van der Waals surface area contributed by atoms with Crippen molar-refractivity contribution in [3.05, 3.63) is 59.1 Å². The summed E-state index contributed by atoms with van der Waals surface area (Å²) in [5, 5.41) is 3.85. The third-order valence-corrected chi connectivity index (χ3v) is 4.61. The van der Waals surface area contributed by atoms with E-state index in [0.29, 0.717) is 10.8 Å². The Bertz CT molecular complexity index is 705. The zero-order chi connectivity index (χ0) is 16.9. The molecule has 0 saturated carbocycles. The molecule has 1 aromatic heterocycles. The van der Waals surface area contributed by atoms with Gasteiger partial charge in [0.15, 0.2) is 5.11 Å². The summed E-state index contributed by atoms with van der Waals surface area (Å²) < 4.78 is 13.2. The lowest BCUT2D eigenvalue weighted by Crippen LogP contribution is -2.49. The molecule has 2 aromatic rings. The predicted octanol–water partition coefficient (Wildman–Crippen LogP) is 3.39. The molecule has 0 unspecified atom stereocenters. The minimum Gasteiger partial charge on any atom is -0.346 e. The molecule has 24 heavy (non-hydrogen) atoms. The van der Waals surface area contributed by atoms with Crippen LogP contribution in [-0.2, 0) is 6.54 Å². The first-order valence-electron chi connectivity index (χ1n) is 7.74. The van der Waals surface area contributed by atoms with Crippen LogP contribution in [0.15, 0.2) is 42.7 Å². The normalized spacial score (nSPS) is 15.3. The van der Waals surface area contributed by atoms with E-state index in [9.17, 15) is 4.39 Å². The lowest BCUT2D eigenvalue weighted by Gasteiger charge is -2.36. The van der Waals surface area contributed by atoms with Gasteiger partial charge in [-0.3, -0.25) is 9.88 Å². The zero-order valence-corrected chi connectivity index (χ0v) is 14.7. The van der Waals surface area contributed by atoms with E-state index in [1.165, 1.54) is 11.6 Å². The second-order valence-electron chi connectivity index (χ2n) is 5.68. The molecule has 4 nitrogen and oxygen atoms in total. The molecule has 0 aliphatic carbocycles.